The number of nitrogens with two attached hydrogens (primary N) is 1. The summed E-state index contributed by atoms with van der Waals surface area (Å²) in [5.74, 6) is -9.58. The normalized spacial score (nSPS) is 14.9. The maximum absolute atomic E-state index is 14.5. The Morgan fingerprint density at radius 3 is 1.07 bits per heavy atom. The zero-order valence-electron chi connectivity index (χ0n) is 48.7. The maximum Gasteiger partial charge on any atom is 0.326 e. The van der Waals surface area contributed by atoms with Crippen molar-refractivity contribution in [2.75, 3.05) is 0 Å². The summed E-state index contributed by atoms with van der Waals surface area (Å²) in [6, 6.07) is 3.53. The van der Waals surface area contributed by atoms with E-state index in [4.69, 9.17) is 10.8 Å². The minimum Gasteiger partial charge on any atom is -0.508 e. The van der Waals surface area contributed by atoms with Crippen LogP contribution in [0.3, 0.4) is 0 Å². The largest absolute Gasteiger partial charge is 0.508 e. The van der Waals surface area contributed by atoms with Crippen LogP contribution in [0.15, 0.2) is 54.6 Å². The fourth-order valence-electron chi connectivity index (χ4n) is 8.74. The number of phenolic OH excluding ortho intramolecular Hbond substituents is 1. The highest BCUT2D eigenvalue weighted by Gasteiger charge is 2.37. The van der Waals surface area contributed by atoms with Gasteiger partial charge >= 0.3 is 11.9 Å². The molecular weight excluding hydrogens is 1030 g/mol. The molecule has 446 valence electrons. The van der Waals surface area contributed by atoms with Gasteiger partial charge in [0, 0.05) is 19.3 Å². The summed E-state index contributed by atoms with van der Waals surface area (Å²) in [5, 5.41) is 50.6. The van der Waals surface area contributed by atoms with E-state index in [-0.39, 0.29) is 86.7 Å². The molecule has 0 aliphatic heterocycles. The summed E-state index contributed by atoms with van der Waals surface area (Å²) >= 11 is 0. The number of phenols is 1. The molecule has 0 bridgehead atoms. The number of nitrogens with one attached hydrogen (secondary N) is 8. The molecule has 8 amide bonds. The molecule has 0 saturated heterocycles. The lowest BCUT2D eigenvalue weighted by molar-refractivity contribution is -0.143. The molecule has 22 heteroatoms. The second-order valence-corrected chi connectivity index (χ2v) is 23.2. The Hall–Kier alpha value is -7.10. The van der Waals surface area contributed by atoms with Gasteiger partial charge in [-0.15, -0.1) is 0 Å². The highest BCUT2D eigenvalue weighted by atomic mass is 16.4. The fourth-order valence-corrected chi connectivity index (χ4v) is 8.74. The molecule has 2 aromatic rings. The molecule has 0 aliphatic carbocycles. The van der Waals surface area contributed by atoms with E-state index in [0.717, 1.165) is 0 Å². The standard InChI is InChI=1S/C58H91N9O13/c1-31(2)24-41(62-53(74)44(27-34(7)8)65-57(78)49(36(11)12)67-56(77)46(30-38-18-20-39(68)21-19-38)60-50(71)40(59)22-23-48(69)70)51(72)61-42(25-32(3)4)52(73)64-45(29-37-16-14-13-15-17-37)55(76)63-43(26-33(5)6)54(75)66-47(58(79)80)28-35(9)10/h13-21,31-36,40-47,49,68H,22-30,59H2,1-12H3,(H,60,71)(H,61,72)(H,62,74)(H,63,76)(H,64,73)(H,65,78)(H,66,75)(H,67,77)(H,69,70)(H,79,80)/t40-,41-,42-,43-,44-,45-,46-,47-,49-/m0/s1. The lowest BCUT2D eigenvalue weighted by Crippen LogP contribution is -2.61. The molecule has 0 spiro atoms. The molecule has 80 heavy (non-hydrogen) atoms. The van der Waals surface area contributed by atoms with Crippen molar-refractivity contribution in [1.29, 1.82) is 0 Å². The Labute approximate surface area is 471 Å². The Morgan fingerprint density at radius 1 is 0.400 bits per heavy atom. The first-order valence-corrected chi connectivity index (χ1v) is 27.8. The van der Waals surface area contributed by atoms with E-state index in [0.29, 0.717) is 11.1 Å². The average molecular weight is 1120 g/mol. The number of amides is 8. The number of carbonyl (C=O) groups excluding carboxylic acids is 8. The molecule has 0 saturated carbocycles. The minimum atomic E-state index is -1.31. The van der Waals surface area contributed by atoms with E-state index in [2.05, 4.69) is 42.5 Å². The molecule has 2 rings (SSSR count). The first kappa shape index (κ1) is 69.0. The van der Waals surface area contributed by atoms with Gasteiger partial charge < -0.3 is 63.6 Å². The van der Waals surface area contributed by atoms with Crippen LogP contribution >= 0.6 is 0 Å². The Bertz CT molecular complexity index is 2360. The Balaban J connectivity index is 2.45. The van der Waals surface area contributed by atoms with E-state index < -0.39 is 126 Å². The highest BCUT2D eigenvalue weighted by Crippen LogP contribution is 2.17. The van der Waals surface area contributed by atoms with Crippen LogP contribution in [0.5, 0.6) is 5.75 Å². The zero-order valence-corrected chi connectivity index (χ0v) is 48.7. The number of carboxylic acids is 2. The van der Waals surface area contributed by atoms with Crippen LogP contribution in [0.2, 0.25) is 0 Å². The third-order valence-electron chi connectivity index (χ3n) is 12.9. The number of aliphatic carboxylic acids is 2. The van der Waals surface area contributed by atoms with Crippen LogP contribution in [0.25, 0.3) is 0 Å². The lowest BCUT2D eigenvalue weighted by Gasteiger charge is -2.30. The van der Waals surface area contributed by atoms with Crippen molar-refractivity contribution in [2.45, 2.75) is 195 Å². The van der Waals surface area contributed by atoms with Gasteiger partial charge in [0.1, 0.15) is 54.1 Å². The third-order valence-corrected chi connectivity index (χ3v) is 12.9. The third kappa shape index (κ3) is 25.8. The quantitative estimate of drug-likeness (QED) is 0.0472. The van der Waals surface area contributed by atoms with E-state index in [9.17, 15) is 58.2 Å². The van der Waals surface area contributed by atoms with E-state index in [1.807, 2.05) is 69.2 Å². The van der Waals surface area contributed by atoms with Crippen LogP contribution < -0.4 is 48.3 Å². The van der Waals surface area contributed by atoms with Gasteiger partial charge in [0.25, 0.3) is 0 Å². The van der Waals surface area contributed by atoms with Gasteiger partial charge in [0.15, 0.2) is 0 Å². The summed E-state index contributed by atoms with van der Waals surface area (Å²) < 4.78 is 0. The van der Waals surface area contributed by atoms with Gasteiger partial charge in [-0.25, -0.2) is 4.79 Å². The molecule has 22 nitrogen and oxygen atoms in total. The average Bonchev–Trinajstić information content (AvgIpc) is 3.35. The van der Waals surface area contributed by atoms with Crippen LogP contribution in [0.1, 0.15) is 139 Å². The summed E-state index contributed by atoms with van der Waals surface area (Å²) in [4.78, 5) is 136. The molecule has 2 aromatic carbocycles. The lowest BCUT2D eigenvalue weighted by atomic mass is 9.97. The van der Waals surface area contributed by atoms with Crippen molar-refractivity contribution >= 4 is 59.2 Å². The van der Waals surface area contributed by atoms with Gasteiger partial charge in [-0.3, -0.25) is 43.2 Å². The summed E-state index contributed by atoms with van der Waals surface area (Å²) in [5.41, 5.74) is 7.17. The Morgan fingerprint density at radius 2 is 0.713 bits per heavy atom. The number of carboxylic acid groups (broad SMARTS) is 2. The topological polar surface area (TPSA) is 354 Å². The van der Waals surface area contributed by atoms with Crippen molar-refractivity contribution in [3.63, 3.8) is 0 Å². The van der Waals surface area contributed by atoms with Crippen LogP contribution in [-0.2, 0) is 60.8 Å². The minimum absolute atomic E-state index is 0.0138. The van der Waals surface area contributed by atoms with Gasteiger partial charge in [-0.1, -0.05) is 126 Å². The van der Waals surface area contributed by atoms with Gasteiger partial charge in [-0.05, 0) is 97.3 Å². The van der Waals surface area contributed by atoms with Crippen molar-refractivity contribution in [3.8, 4) is 5.75 Å². The summed E-state index contributed by atoms with van der Waals surface area (Å²) in [6.07, 6.45) is -0.106. The van der Waals surface area contributed by atoms with Crippen molar-refractivity contribution in [1.82, 2.24) is 42.5 Å². The van der Waals surface area contributed by atoms with Crippen LogP contribution in [-0.4, -0.2) is 129 Å². The van der Waals surface area contributed by atoms with Crippen LogP contribution in [0.4, 0.5) is 0 Å². The monoisotopic (exact) mass is 1120 g/mol. The number of aromatic hydroxyl groups is 1. The second kappa shape index (κ2) is 34.1. The van der Waals surface area contributed by atoms with Gasteiger partial charge in [-0.2, -0.15) is 0 Å². The molecule has 0 fully saturated rings. The molecule has 0 unspecified atom stereocenters. The number of rotatable bonds is 35. The molecule has 0 aromatic heterocycles. The number of hydrogen-bond acceptors (Lipinski definition) is 12. The van der Waals surface area contributed by atoms with E-state index in [1.165, 1.54) is 24.3 Å². The molecule has 0 aliphatic rings. The first-order chi connectivity index (χ1) is 37.4. The van der Waals surface area contributed by atoms with Crippen molar-refractivity contribution in [3.05, 3.63) is 65.7 Å². The van der Waals surface area contributed by atoms with Crippen molar-refractivity contribution in [2.24, 2.45) is 41.2 Å². The highest BCUT2D eigenvalue weighted by molar-refractivity contribution is 5.98. The molecule has 9 atom stereocenters. The van der Waals surface area contributed by atoms with E-state index >= 15 is 0 Å². The smallest absolute Gasteiger partial charge is 0.326 e. The zero-order chi connectivity index (χ0) is 60.6. The van der Waals surface area contributed by atoms with E-state index in [1.54, 1.807) is 44.2 Å². The Kier molecular flexibility index (Phi) is 29.4. The van der Waals surface area contributed by atoms with Gasteiger partial charge in [0.2, 0.25) is 47.3 Å². The number of carbonyl (C=O) groups is 10. The molecule has 0 radical (unpaired) electrons. The summed E-state index contributed by atoms with van der Waals surface area (Å²) in [7, 11) is 0. The predicted molar refractivity (Wildman–Crippen MR) is 302 cm³/mol. The molecule has 0 heterocycles. The second-order valence-electron chi connectivity index (χ2n) is 23.2. The first-order valence-electron chi connectivity index (χ1n) is 27.8. The summed E-state index contributed by atoms with van der Waals surface area (Å²) in [6.45, 7) is 21.7. The van der Waals surface area contributed by atoms with Crippen molar-refractivity contribution < 1.29 is 63.3 Å². The van der Waals surface area contributed by atoms with Gasteiger partial charge in [0.05, 0.1) is 6.04 Å². The van der Waals surface area contributed by atoms with Crippen LogP contribution in [0, 0.1) is 35.5 Å². The molecule has 13 N–H and O–H groups in total. The number of benzene rings is 2. The SMILES string of the molecule is CC(C)C[C@H](NC(=O)[C@H](CC(C)C)NC(=O)[C@H](Cc1ccccc1)NC(=O)[C@H](CC(C)C)NC(=O)[C@H](CC(C)C)NC(=O)[C@H](CC(C)C)NC(=O)[C@@H](NC(=O)[C@H](Cc1ccc(O)cc1)NC(=O)[C@@H](N)CCC(=O)O)C(C)C)C(=O)O. The molecular formula is C58H91N9O13. The predicted octanol–water partition coefficient (Wildman–Crippen LogP) is 3.22. The maximum atomic E-state index is 14.5. The number of hydrogen-bond donors (Lipinski definition) is 12. The fraction of sp³-hybridized carbons (Fsp3) is 0.621.